The van der Waals surface area contributed by atoms with Crippen LogP contribution in [0.2, 0.25) is 10.0 Å². The van der Waals surface area contributed by atoms with E-state index in [2.05, 4.69) is 11.4 Å². The maximum atomic E-state index is 12.1. The van der Waals surface area contributed by atoms with Crippen LogP contribution < -0.4 is 14.8 Å². The van der Waals surface area contributed by atoms with Gasteiger partial charge < -0.3 is 14.8 Å². The van der Waals surface area contributed by atoms with Crippen LogP contribution in [0.15, 0.2) is 60.7 Å². The van der Waals surface area contributed by atoms with Crippen molar-refractivity contribution in [1.82, 2.24) is 0 Å². The number of amides is 1. The molecule has 1 N–H and O–H groups in total. The molecule has 3 aromatic rings. The summed E-state index contributed by atoms with van der Waals surface area (Å²) in [6.07, 6.45) is 0. The number of hydrogen-bond donors (Lipinski definition) is 1. The molecule has 0 heterocycles. The number of hydrogen-bond acceptors (Lipinski definition) is 3. The largest absolute Gasteiger partial charge is 0.484 e. The van der Waals surface area contributed by atoms with E-state index in [-0.39, 0.29) is 12.5 Å². The van der Waals surface area contributed by atoms with E-state index in [1.807, 2.05) is 26.0 Å². The fraction of sp³-hybridized carbons (Fsp3) is 0.136. The zero-order valence-corrected chi connectivity index (χ0v) is 17.0. The number of carbonyl (C=O) groups is 1. The first-order valence-electron chi connectivity index (χ1n) is 8.63. The Morgan fingerprint density at radius 2 is 1.54 bits per heavy atom. The van der Waals surface area contributed by atoms with Crippen LogP contribution in [-0.4, -0.2) is 12.5 Å². The van der Waals surface area contributed by atoms with Crippen molar-refractivity contribution in [2.75, 3.05) is 11.9 Å². The van der Waals surface area contributed by atoms with Crippen LogP contribution >= 0.6 is 23.2 Å². The monoisotopic (exact) mass is 415 g/mol. The van der Waals surface area contributed by atoms with E-state index >= 15 is 0 Å². The molecule has 3 aromatic carbocycles. The summed E-state index contributed by atoms with van der Waals surface area (Å²) in [5, 5.41) is 3.34. The summed E-state index contributed by atoms with van der Waals surface area (Å²) in [5.41, 5.74) is 2.72. The molecule has 0 aliphatic carbocycles. The van der Waals surface area contributed by atoms with E-state index in [1.54, 1.807) is 42.5 Å². The van der Waals surface area contributed by atoms with Gasteiger partial charge in [-0.25, -0.2) is 0 Å². The van der Waals surface area contributed by atoms with Crippen LogP contribution in [0.25, 0.3) is 0 Å². The number of benzene rings is 3. The van der Waals surface area contributed by atoms with Crippen molar-refractivity contribution in [3.05, 3.63) is 81.8 Å². The minimum Gasteiger partial charge on any atom is -0.484 e. The molecule has 0 aromatic heterocycles. The summed E-state index contributed by atoms with van der Waals surface area (Å²) in [7, 11) is 0. The first-order chi connectivity index (χ1) is 13.4. The highest BCUT2D eigenvalue weighted by Crippen LogP contribution is 2.29. The Hall–Kier alpha value is -2.69. The van der Waals surface area contributed by atoms with E-state index in [4.69, 9.17) is 32.7 Å². The van der Waals surface area contributed by atoms with Gasteiger partial charge in [0, 0.05) is 0 Å². The molecule has 0 saturated heterocycles. The van der Waals surface area contributed by atoms with Crippen LogP contribution in [0.5, 0.6) is 17.2 Å². The van der Waals surface area contributed by atoms with Crippen molar-refractivity contribution in [2.45, 2.75) is 13.8 Å². The van der Waals surface area contributed by atoms with Gasteiger partial charge in [-0.2, -0.15) is 0 Å². The zero-order chi connectivity index (χ0) is 20.1. The maximum Gasteiger partial charge on any atom is 0.262 e. The highest BCUT2D eigenvalue weighted by atomic mass is 35.5. The molecule has 0 aliphatic rings. The predicted molar refractivity (Wildman–Crippen MR) is 113 cm³/mol. The van der Waals surface area contributed by atoms with Crippen LogP contribution in [0.3, 0.4) is 0 Å². The lowest BCUT2D eigenvalue weighted by molar-refractivity contribution is -0.118. The number of ether oxygens (including phenoxy) is 2. The van der Waals surface area contributed by atoms with Crippen molar-refractivity contribution >= 4 is 34.8 Å². The highest BCUT2D eigenvalue weighted by Gasteiger charge is 2.09. The Morgan fingerprint density at radius 1 is 0.893 bits per heavy atom. The van der Waals surface area contributed by atoms with Crippen molar-refractivity contribution in [3.63, 3.8) is 0 Å². The number of halogens is 2. The van der Waals surface area contributed by atoms with Crippen LogP contribution in [0, 0.1) is 13.8 Å². The van der Waals surface area contributed by atoms with Crippen molar-refractivity contribution in [3.8, 4) is 17.2 Å². The van der Waals surface area contributed by atoms with Crippen LogP contribution in [0.4, 0.5) is 5.69 Å². The predicted octanol–water partition coefficient (Wildman–Crippen LogP) is 6.42. The van der Waals surface area contributed by atoms with Gasteiger partial charge in [0.05, 0.1) is 15.7 Å². The molecule has 0 radical (unpaired) electrons. The van der Waals surface area contributed by atoms with Gasteiger partial charge >= 0.3 is 0 Å². The Kier molecular flexibility index (Phi) is 6.45. The summed E-state index contributed by atoms with van der Waals surface area (Å²) < 4.78 is 11.4. The summed E-state index contributed by atoms with van der Waals surface area (Å²) in [6, 6.07) is 18.1. The first kappa shape index (κ1) is 20.1. The minimum absolute atomic E-state index is 0.153. The fourth-order valence-corrected chi connectivity index (χ4v) is 3.02. The SMILES string of the molecule is Cc1cc(C)cc(Oc2ccc(OCC(=O)Nc3cccc(Cl)c3Cl)cc2)c1. The number of rotatable bonds is 6. The smallest absolute Gasteiger partial charge is 0.262 e. The second-order valence-corrected chi connectivity index (χ2v) is 7.12. The fourth-order valence-electron chi connectivity index (χ4n) is 2.67. The van der Waals surface area contributed by atoms with E-state index < -0.39 is 0 Å². The molecule has 0 fully saturated rings. The topological polar surface area (TPSA) is 47.6 Å². The highest BCUT2D eigenvalue weighted by molar-refractivity contribution is 6.43. The zero-order valence-electron chi connectivity index (χ0n) is 15.5. The lowest BCUT2D eigenvalue weighted by Crippen LogP contribution is -2.20. The molecular formula is C22H19Cl2NO3. The van der Waals surface area contributed by atoms with E-state index in [0.29, 0.717) is 27.2 Å². The van der Waals surface area contributed by atoms with Gasteiger partial charge in [-0.15, -0.1) is 0 Å². The Bertz CT molecular complexity index is 967. The second-order valence-electron chi connectivity index (χ2n) is 6.34. The Morgan fingerprint density at radius 3 is 2.21 bits per heavy atom. The number of carbonyl (C=O) groups excluding carboxylic acids is 1. The van der Waals surface area contributed by atoms with Crippen LogP contribution in [-0.2, 0) is 4.79 Å². The molecular weight excluding hydrogens is 397 g/mol. The first-order valence-corrected chi connectivity index (χ1v) is 9.39. The summed E-state index contributed by atoms with van der Waals surface area (Å²) in [5.74, 6) is 1.69. The van der Waals surface area contributed by atoms with Gasteiger partial charge in [0.25, 0.3) is 5.91 Å². The van der Waals surface area contributed by atoms with Crippen molar-refractivity contribution < 1.29 is 14.3 Å². The second kappa shape index (κ2) is 9.00. The molecule has 0 bridgehead atoms. The molecule has 0 spiro atoms. The lowest BCUT2D eigenvalue weighted by atomic mass is 10.1. The molecule has 6 heteroatoms. The quantitative estimate of drug-likeness (QED) is 0.505. The minimum atomic E-state index is -0.334. The van der Waals surface area contributed by atoms with Gasteiger partial charge in [-0.05, 0) is 73.5 Å². The third-order valence-corrected chi connectivity index (χ3v) is 4.67. The molecule has 4 nitrogen and oxygen atoms in total. The summed E-state index contributed by atoms with van der Waals surface area (Å²) in [4.78, 5) is 12.1. The van der Waals surface area contributed by atoms with E-state index in [9.17, 15) is 4.79 Å². The van der Waals surface area contributed by atoms with Crippen LogP contribution in [0.1, 0.15) is 11.1 Å². The molecule has 1 amide bonds. The molecule has 0 unspecified atom stereocenters. The lowest BCUT2D eigenvalue weighted by Gasteiger charge is -2.11. The third kappa shape index (κ3) is 5.41. The summed E-state index contributed by atoms with van der Waals surface area (Å²) >= 11 is 12.0. The maximum absolute atomic E-state index is 12.1. The average molecular weight is 416 g/mol. The Balaban J connectivity index is 1.55. The van der Waals surface area contributed by atoms with Gasteiger partial charge in [-0.1, -0.05) is 35.3 Å². The molecule has 0 saturated carbocycles. The molecule has 0 aliphatic heterocycles. The number of nitrogens with one attached hydrogen (secondary N) is 1. The van der Waals surface area contributed by atoms with Gasteiger partial charge in [-0.3, -0.25) is 4.79 Å². The molecule has 144 valence electrons. The van der Waals surface area contributed by atoms with Gasteiger partial charge in [0.15, 0.2) is 6.61 Å². The molecule has 3 rings (SSSR count). The normalized spacial score (nSPS) is 10.4. The Labute approximate surface area is 174 Å². The standard InChI is InChI=1S/C22H19Cl2NO3/c1-14-10-15(2)12-18(11-14)28-17-8-6-16(7-9-17)27-13-21(26)25-20-5-3-4-19(23)22(20)24/h3-12H,13H2,1-2H3,(H,25,26). The number of anilines is 1. The van der Waals surface area contributed by atoms with Crippen molar-refractivity contribution in [2.24, 2.45) is 0 Å². The molecule has 0 atom stereocenters. The number of aryl methyl sites for hydroxylation is 2. The van der Waals surface area contributed by atoms with Crippen molar-refractivity contribution in [1.29, 1.82) is 0 Å². The summed E-state index contributed by atoms with van der Waals surface area (Å²) in [6.45, 7) is 3.90. The van der Waals surface area contributed by atoms with Gasteiger partial charge in [0.1, 0.15) is 17.2 Å². The van der Waals surface area contributed by atoms with Gasteiger partial charge in [0.2, 0.25) is 0 Å². The third-order valence-electron chi connectivity index (χ3n) is 3.85. The van der Waals surface area contributed by atoms with E-state index in [0.717, 1.165) is 16.9 Å². The molecule has 28 heavy (non-hydrogen) atoms. The average Bonchev–Trinajstić information content (AvgIpc) is 2.64. The van der Waals surface area contributed by atoms with E-state index in [1.165, 1.54) is 0 Å².